The summed E-state index contributed by atoms with van der Waals surface area (Å²) in [6.45, 7) is 2.17. The zero-order valence-electron chi connectivity index (χ0n) is 10.0. The predicted octanol–water partition coefficient (Wildman–Crippen LogP) is -0.826. The van der Waals surface area contributed by atoms with Crippen molar-refractivity contribution in [1.82, 2.24) is 4.31 Å². The molecule has 17 heavy (non-hydrogen) atoms. The van der Waals surface area contributed by atoms with Crippen molar-refractivity contribution in [3.8, 4) is 0 Å². The highest BCUT2D eigenvalue weighted by Gasteiger charge is 2.32. The maximum absolute atomic E-state index is 12.2. The molecule has 1 heterocycles. The van der Waals surface area contributed by atoms with Gasteiger partial charge in [-0.1, -0.05) is 6.92 Å². The van der Waals surface area contributed by atoms with Gasteiger partial charge in [-0.15, -0.1) is 0 Å². The molecule has 0 spiro atoms. The van der Waals surface area contributed by atoms with Crippen LogP contribution < -0.4 is 5.73 Å². The SMILES string of the molecule is CCC(CN)S(=O)(=O)N1CCCS(=O)(=O)CC1. The van der Waals surface area contributed by atoms with E-state index in [4.69, 9.17) is 5.73 Å². The molecule has 8 heteroatoms. The smallest absolute Gasteiger partial charge is 0.218 e. The number of hydrogen-bond acceptors (Lipinski definition) is 5. The van der Waals surface area contributed by atoms with Gasteiger partial charge in [0.05, 0.1) is 16.8 Å². The Morgan fingerprint density at radius 1 is 1.29 bits per heavy atom. The number of hydrogen-bond donors (Lipinski definition) is 1. The van der Waals surface area contributed by atoms with Crippen molar-refractivity contribution in [2.45, 2.75) is 25.0 Å². The van der Waals surface area contributed by atoms with E-state index < -0.39 is 25.1 Å². The summed E-state index contributed by atoms with van der Waals surface area (Å²) < 4.78 is 48.4. The minimum Gasteiger partial charge on any atom is -0.329 e. The lowest BCUT2D eigenvalue weighted by atomic mass is 10.3. The first-order chi connectivity index (χ1) is 7.83. The largest absolute Gasteiger partial charge is 0.329 e. The number of nitrogens with two attached hydrogens (primary N) is 1. The first kappa shape index (κ1) is 14.9. The minimum atomic E-state index is -3.45. The van der Waals surface area contributed by atoms with Gasteiger partial charge in [-0.3, -0.25) is 0 Å². The van der Waals surface area contributed by atoms with Crippen LogP contribution in [0.3, 0.4) is 0 Å². The molecule has 0 aromatic rings. The average molecular weight is 284 g/mol. The Kier molecular flexibility index (Phi) is 4.94. The van der Waals surface area contributed by atoms with Crippen LogP contribution in [0.15, 0.2) is 0 Å². The zero-order valence-corrected chi connectivity index (χ0v) is 11.6. The molecule has 102 valence electrons. The Morgan fingerprint density at radius 2 is 1.94 bits per heavy atom. The van der Waals surface area contributed by atoms with Gasteiger partial charge >= 0.3 is 0 Å². The van der Waals surface area contributed by atoms with Crippen molar-refractivity contribution < 1.29 is 16.8 Å². The Labute approximate surface area is 103 Å². The Balaban J connectivity index is 2.86. The number of sulfonamides is 1. The van der Waals surface area contributed by atoms with Gasteiger partial charge in [-0.2, -0.15) is 0 Å². The molecule has 0 aromatic carbocycles. The van der Waals surface area contributed by atoms with Crippen LogP contribution in [-0.4, -0.2) is 57.5 Å². The van der Waals surface area contributed by atoms with Crippen LogP contribution in [0, 0.1) is 0 Å². The highest BCUT2D eigenvalue weighted by atomic mass is 32.2. The van der Waals surface area contributed by atoms with Gasteiger partial charge in [-0.25, -0.2) is 21.1 Å². The molecule has 0 radical (unpaired) electrons. The standard InChI is InChI=1S/C9H20N2O4S2/c1-2-9(8-10)17(14,15)11-4-3-6-16(12,13)7-5-11/h9H,2-8,10H2,1H3. The van der Waals surface area contributed by atoms with Gasteiger partial charge in [0.2, 0.25) is 10.0 Å². The lowest BCUT2D eigenvalue weighted by Crippen LogP contribution is -2.43. The van der Waals surface area contributed by atoms with Crippen molar-refractivity contribution in [3.05, 3.63) is 0 Å². The fourth-order valence-electron chi connectivity index (χ4n) is 1.88. The van der Waals surface area contributed by atoms with E-state index in [1.807, 2.05) is 0 Å². The third-order valence-corrected chi connectivity index (χ3v) is 7.18. The third kappa shape index (κ3) is 3.64. The summed E-state index contributed by atoms with van der Waals surface area (Å²) >= 11 is 0. The molecule has 1 atom stereocenters. The molecule has 2 N–H and O–H groups in total. The van der Waals surface area contributed by atoms with Gasteiger partial charge in [0, 0.05) is 19.6 Å². The topological polar surface area (TPSA) is 97.5 Å². The summed E-state index contributed by atoms with van der Waals surface area (Å²) in [5.74, 6) is -0.0222. The van der Waals surface area contributed by atoms with Crippen LogP contribution in [0.25, 0.3) is 0 Å². The summed E-state index contributed by atoms with van der Waals surface area (Å²) in [6, 6.07) is 0. The van der Waals surface area contributed by atoms with Gasteiger partial charge in [0.15, 0.2) is 9.84 Å². The highest BCUT2D eigenvalue weighted by Crippen LogP contribution is 2.15. The van der Waals surface area contributed by atoms with Crippen LogP contribution in [-0.2, 0) is 19.9 Å². The second-order valence-corrected chi connectivity index (χ2v) is 8.73. The number of rotatable bonds is 4. The Bertz CT molecular complexity index is 440. The van der Waals surface area contributed by atoms with Crippen LogP contribution in [0.1, 0.15) is 19.8 Å². The van der Waals surface area contributed by atoms with Crippen molar-refractivity contribution in [2.75, 3.05) is 31.1 Å². The van der Waals surface area contributed by atoms with Gasteiger partial charge < -0.3 is 5.73 Å². The fourth-order valence-corrected chi connectivity index (χ4v) is 5.08. The van der Waals surface area contributed by atoms with E-state index in [-0.39, 0.29) is 31.1 Å². The minimum absolute atomic E-state index is 0.0567. The lowest BCUT2D eigenvalue weighted by Gasteiger charge is -2.24. The molecule has 1 aliphatic rings. The number of nitrogens with zero attached hydrogens (tertiary/aromatic N) is 1. The molecule has 1 aliphatic heterocycles. The van der Waals surface area contributed by atoms with E-state index in [9.17, 15) is 16.8 Å². The molecule has 1 unspecified atom stereocenters. The summed E-state index contributed by atoms with van der Waals surface area (Å²) in [6.07, 6.45) is 0.810. The van der Waals surface area contributed by atoms with Crippen molar-refractivity contribution >= 4 is 19.9 Å². The van der Waals surface area contributed by atoms with E-state index in [1.165, 1.54) is 4.31 Å². The van der Waals surface area contributed by atoms with Gasteiger partial charge in [0.1, 0.15) is 0 Å². The average Bonchev–Trinajstić information content (AvgIpc) is 2.41. The fraction of sp³-hybridized carbons (Fsp3) is 1.00. The first-order valence-corrected chi connectivity index (χ1v) is 9.05. The Morgan fingerprint density at radius 3 is 2.47 bits per heavy atom. The highest BCUT2D eigenvalue weighted by molar-refractivity contribution is 7.91. The summed E-state index contributed by atoms with van der Waals surface area (Å²) in [5, 5.41) is -0.608. The molecule has 1 saturated heterocycles. The van der Waals surface area contributed by atoms with Gasteiger partial charge in [-0.05, 0) is 12.8 Å². The predicted molar refractivity (Wildman–Crippen MR) is 66.9 cm³/mol. The van der Waals surface area contributed by atoms with Crippen LogP contribution in [0.4, 0.5) is 0 Å². The molecule has 6 nitrogen and oxygen atoms in total. The summed E-state index contributed by atoms with van der Waals surface area (Å²) in [5.41, 5.74) is 5.44. The van der Waals surface area contributed by atoms with Crippen molar-refractivity contribution in [3.63, 3.8) is 0 Å². The molecule has 1 rings (SSSR count). The summed E-state index contributed by atoms with van der Waals surface area (Å²) in [7, 11) is -6.54. The van der Waals surface area contributed by atoms with E-state index >= 15 is 0 Å². The normalized spacial score (nSPS) is 24.1. The summed E-state index contributed by atoms with van der Waals surface area (Å²) in [4.78, 5) is 0. The van der Waals surface area contributed by atoms with E-state index in [0.29, 0.717) is 12.8 Å². The quantitative estimate of drug-likeness (QED) is 0.727. The van der Waals surface area contributed by atoms with E-state index in [0.717, 1.165) is 0 Å². The van der Waals surface area contributed by atoms with Gasteiger partial charge in [0.25, 0.3) is 0 Å². The number of sulfone groups is 1. The second kappa shape index (κ2) is 5.64. The molecule has 0 aromatic heterocycles. The molecule has 1 fully saturated rings. The molecule has 0 aliphatic carbocycles. The maximum atomic E-state index is 12.2. The molecular weight excluding hydrogens is 264 g/mol. The van der Waals surface area contributed by atoms with E-state index in [1.54, 1.807) is 6.92 Å². The Hall–Kier alpha value is -0.180. The van der Waals surface area contributed by atoms with Crippen LogP contribution in [0.2, 0.25) is 0 Å². The first-order valence-electron chi connectivity index (χ1n) is 5.73. The van der Waals surface area contributed by atoms with Crippen molar-refractivity contribution in [1.29, 1.82) is 0 Å². The van der Waals surface area contributed by atoms with Crippen LogP contribution in [0.5, 0.6) is 0 Å². The third-order valence-electron chi connectivity index (χ3n) is 3.01. The second-order valence-electron chi connectivity index (χ2n) is 4.22. The lowest BCUT2D eigenvalue weighted by molar-refractivity contribution is 0.424. The van der Waals surface area contributed by atoms with E-state index in [2.05, 4.69) is 0 Å². The molecule has 0 saturated carbocycles. The monoisotopic (exact) mass is 284 g/mol. The molecular formula is C9H20N2O4S2. The zero-order chi connectivity index (χ0) is 13.1. The molecule has 0 bridgehead atoms. The van der Waals surface area contributed by atoms with Crippen LogP contribution >= 0.6 is 0 Å². The molecule has 0 amide bonds. The maximum Gasteiger partial charge on any atom is 0.218 e. The van der Waals surface area contributed by atoms with Crippen molar-refractivity contribution in [2.24, 2.45) is 5.73 Å².